The molecule has 1 atom stereocenters. The predicted molar refractivity (Wildman–Crippen MR) is 65.9 cm³/mol. The molecule has 1 aromatic heterocycles. The van der Waals surface area contributed by atoms with Crippen LogP contribution in [0, 0.1) is 0 Å². The largest absolute Gasteiger partial charge is 0.343 e. The number of tetrazole rings is 1. The Morgan fingerprint density at radius 3 is 2.83 bits per heavy atom. The number of carbonyl (C=O) groups excluding carboxylic acids is 1. The number of carbonyl (C=O) groups is 1. The Morgan fingerprint density at radius 1 is 1.44 bits per heavy atom. The van der Waals surface area contributed by atoms with Gasteiger partial charge in [-0.15, -0.1) is 5.10 Å². The predicted octanol–water partition coefficient (Wildman–Crippen LogP) is 1.03. The Balaban J connectivity index is 2.28. The van der Waals surface area contributed by atoms with Gasteiger partial charge in [-0.2, -0.15) is 4.68 Å². The topological polar surface area (TPSA) is 72.7 Å². The molecular formula is C12H13N5O. The van der Waals surface area contributed by atoms with Crippen LogP contribution in [0.3, 0.4) is 0 Å². The molecular weight excluding hydrogens is 230 g/mol. The van der Waals surface area contributed by atoms with E-state index >= 15 is 0 Å². The molecule has 92 valence electrons. The van der Waals surface area contributed by atoms with Crippen LogP contribution in [0.4, 0.5) is 0 Å². The molecule has 1 unspecified atom stereocenters. The van der Waals surface area contributed by atoms with E-state index in [1.54, 1.807) is 4.68 Å². The highest BCUT2D eigenvalue weighted by Crippen LogP contribution is 2.13. The van der Waals surface area contributed by atoms with Gasteiger partial charge in [0.25, 0.3) is 0 Å². The number of aromatic nitrogens is 4. The van der Waals surface area contributed by atoms with Gasteiger partial charge in [0.2, 0.25) is 5.91 Å². The van der Waals surface area contributed by atoms with Gasteiger partial charge in [0.05, 0.1) is 11.7 Å². The molecule has 1 N–H and O–H groups in total. The lowest BCUT2D eigenvalue weighted by molar-refractivity contribution is -0.117. The van der Waals surface area contributed by atoms with Gasteiger partial charge in [-0.1, -0.05) is 24.8 Å². The first-order valence-corrected chi connectivity index (χ1v) is 5.49. The van der Waals surface area contributed by atoms with Crippen molar-refractivity contribution in [1.29, 1.82) is 0 Å². The summed E-state index contributed by atoms with van der Waals surface area (Å²) >= 11 is 0. The number of benzene rings is 1. The van der Waals surface area contributed by atoms with Gasteiger partial charge in [-0.3, -0.25) is 4.79 Å². The normalized spacial score (nSPS) is 11.8. The average molecular weight is 243 g/mol. The van der Waals surface area contributed by atoms with Crippen LogP contribution in [0.25, 0.3) is 5.69 Å². The molecule has 0 aliphatic rings. The minimum Gasteiger partial charge on any atom is -0.343 e. The highest BCUT2D eigenvalue weighted by molar-refractivity contribution is 5.87. The quantitative estimate of drug-likeness (QED) is 0.814. The number of para-hydroxylation sites is 1. The second kappa shape index (κ2) is 5.22. The van der Waals surface area contributed by atoms with E-state index in [9.17, 15) is 4.79 Å². The zero-order valence-electron chi connectivity index (χ0n) is 9.95. The van der Waals surface area contributed by atoms with Gasteiger partial charge >= 0.3 is 0 Å². The number of rotatable bonds is 4. The number of hydrogen-bond donors (Lipinski definition) is 1. The van der Waals surface area contributed by atoms with Crippen molar-refractivity contribution in [3.05, 3.63) is 48.8 Å². The lowest BCUT2D eigenvalue weighted by Crippen LogP contribution is -2.26. The second-order valence-electron chi connectivity index (χ2n) is 3.72. The lowest BCUT2D eigenvalue weighted by Gasteiger charge is -2.12. The SMILES string of the molecule is C=CC(=O)NC(C)c1nnnn1-c1ccccc1. The summed E-state index contributed by atoms with van der Waals surface area (Å²) < 4.78 is 1.59. The smallest absolute Gasteiger partial charge is 0.243 e. The maximum Gasteiger partial charge on any atom is 0.243 e. The average Bonchev–Trinajstić information content (AvgIpc) is 2.88. The summed E-state index contributed by atoms with van der Waals surface area (Å²) in [5.74, 6) is 0.307. The summed E-state index contributed by atoms with van der Waals surface area (Å²) in [6, 6.07) is 9.19. The first-order valence-electron chi connectivity index (χ1n) is 5.49. The summed E-state index contributed by atoms with van der Waals surface area (Å²) in [5.41, 5.74) is 0.845. The molecule has 0 spiro atoms. The summed E-state index contributed by atoms with van der Waals surface area (Å²) in [6.45, 7) is 5.22. The fraction of sp³-hybridized carbons (Fsp3) is 0.167. The Morgan fingerprint density at radius 2 is 2.17 bits per heavy atom. The van der Waals surface area contributed by atoms with Gasteiger partial charge in [-0.25, -0.2) is 0 Å². The van der Waals surface area contributed by atoms with Crippen molar-refractivity contribution in [2.45, 2.75) is 13.0 Å². The summed E-state index contributed by atoms with van der Waals surface area (Å²) in [4.78, 5) is 11.3. The Kier molecular flexibility index (Phi) is 3.47. The molecule has 0 aliphatic carbocycles. The van der Waals surface area contributed by atoms with Gasteiger partial charge in [0.1, 0.15) is 0 Å². The molecule has 6 nitrogen and oxygen atoms in total. The van der Waals surface area contributed by atoms with Crippen molar-refractivity contribution in [1.82, 2.24) is 25.5 Å². The molecule has 0 bridgehead atoms. The minimum absolute atomic E-state index is 0.259. The van der Waals surface area contributed by atoms with Crippen molar-refractivity contribution in [3.8, 4) is 5.69 Å². The van der Waals surface area contributed by atoms with Crippen molar-refractivity contribution in [2.24, 2.45) is 0 Å². The Bertz CT molecular complexity index is 549. The van der Waals surface area contributed by atoms with Crippen LogP contribution in [-0.2, 0) is 4.79 Å². The highest BCUT2D eigenvalue weighted by atomic mass is 16.1. The van der Waals surface area contributed by atoms with Crippen LogP contribution in [0.1, 0.15) is 18.8 Å². The molecule has 0 radical (unpaired) electrons. The van der Waals surface area contributed by atoms with Crippen molar-refractivity contribution in [2.75, 3.05) is 0 Å². The van der Waals surface area contributed by atoms with E-state index in [1.807, 2.05) is 37.3 Å². The van der Waals surface area contributed by atoms with Crippen LogP contribution in [0.15, 0.2) is 43.0 Å². The third kappa shape index (κ3) is 2.42. The summed E-state index contributed by atoms with van der Waals surface area (Å²) in [7, 11) is 0. The van der Waals surface area contributed by atoms with Gasteiger partial charge in [0, 0.05) is 0 Å². The standard InChI is InChI=1S/C12H13N5O/c1-3-11(18)13-9(2)12-14-15-16-17(12)10-7-5-4-6-8-10/h3-9H,1H2,2H3,(H,13,18). The molecule has 1 heterocycles. The van der Waals surface area contributed by atoms with Crippen LogP contribution in [-0.4, -0.2) is 26.1 Å². The first-order chi connectivity index (χ1) is 8.72. The van der Waals surface area contributed by atoms with Gasteiger partial charge in [-0.05, 0) is 35.6 Å². The fourth-order valence-electron chi connectivity index (χ4n) is 1.55. The van der Waals surface area contributed by atoms with Crippen LogP contribution >= 0.6 is 0 Å². The Hall–Kier alpha value is -2.50. The third-order valence-electron chi connectivity index (χ3n) is 2.43. The number of amides is 1. The summed E-state index contributed by atoms with van der Waals surface area (Å²) in [6.07, 6.45) is 1.22. The third-order valence-corrected chi connectivity index (χ3v) is 2.43. The molecule has 0 aliphatic heterocycles. The van der Waals surface area contributed by atoms with Gasteiger partial charge < -0.3 is 5.32 Å². The molecule has 2 rings (SSSR count). The molecule has 0 saturated carbocycles. The van der Waals surface area contributed by atoms with E-state index in [0.29, 0.717) is 5.82 Å². The highest BCUT2D eigenvalue weighted by Gasteiger charge is 2.16. The zero-order chi connectivity index (χ0) is 13.0. The van der Waals surface area contributed by atoms with Crippen LogP contribution in [0.5, 0.6) is 0 Å². The summed E-state index contributed by atoms with van der Waals surface area (Å²) in [5, 5.41) is 14.2. The van der Waals surface area contributed by atoms with Crippen molar-refractivity contribution in [3.63, 3.8) is 0 Å². The zero-order valence-corrected chi connectivity index (χ0v) is 9.95. The first kappa shape index (κ1) is 12.0. The molecule has 18 heavy (non-hydrogen) atoms. The van der Waals surface area contributed by atoms with E-state index in [0.717, 1.165) is 5.69 Å². The van der Waals surface area contributed by atoms with E-state index in [4.69, 9.17) is 0 Å². The number of hydrogen-bond acceptors (Lipinski definition) is 4. The number of nitrogens with one attached hydrogen (secondary N) is 1. The molecule has 6 heteroatoms. The van der Waals surface area contributed by atoms with E-state index < -0.39 is 0 Å². The molecule has 1 aromatic carbocycles. The van der Waals surface area contributed by atoms with Crippen molar-refractivity contribution < 1.29 is 4.79 Å². The maximum absolute atomic E-state index is 11.3. The van der Waals surface area contributed by atoms with Crippen molar-refractivity contribution >= 4 is 5.91 Å². The fourth-order valence-corrected chi connectivity index (χ4v) is 1.55. The van der Waals surface area contributed by atoms with E-state index in [2.05, 4.69) is 27.4 Å². The minimum atomic E-state index is -0.300. The van der Waals surface area contributed by atoms with E-state index in [1.165, 1.54) is 6.08 Å². The number of nitrogens with zero attached hydrogens (tertiary/aromatic N) is 4. The van der Waals surface area contributed by atoms with E-state index in [-0.39, 0.29) is 11.9 Å². The monoisotopic (exact) mass is 243 g/mol. The van der Waals surface area contributed by atoms with Gasteiger partial charge in [0.15, 0.2) is 5.82 Å². The maximum atomic E-state index is 11.3. The second-order valence-corrected chi connectivity index (χ2v) is 3.72. The molecule has 1 amide bonds. The molecule has 0 saturated heterocycles. The molecule has 2 aromatic rings. The van der Waals surface area contributed by atoms with Crippen LogP contribution < -0.4 is 5.32 Å². The molecule has 0 fully saturated rings. The Labute approximate surface area is 104 Å². The van der Waals surface area contributed by atoms with Crippen LogP contribution in [0.2, 0.25) is 0 Å². The lowest BCUT2D eigenvalue weighted by atomic mass is 10.3.